The zero-order chi connectivity index (χ0) is 19.3. The fourth-order valence-corrected chi connectivity index (χ4v) is 2.85. The molecular formula is C17H17ClN2O5S. The second-order valence-corrected chi connectivity index (χ2v) is 7.43. The molecule has 2 rings (SSSR count). The predicted molar refractivity (Wildman–Crippen MR) is 97.2 cm³/mol. The number of anilines is 1. The number of hydrogen-bond acceptors (Lipinski definition) is 5. The van der Waals surface area contributed by atoms with E-state index in [4.69, 9.17) is 21.5 Å². The Morgan fingerprint density at radius 1 is 1.19 bits per heavy atom. The SMILES string of the molecule is C[C@H](OC(=O)Cc1ccccc1Cl)C(=O)Nc1cccc(S(N)(=O)=O)c1. The van der Waals surface area contributed by atoms with Crippen LogP contribution in [0.2, 0.25) is 5.02 Å². The van der Waals surface area contributed by atoms with E-state index in [0.29, 0.717) is 10.6 Å². The van der Waals surface area contributed by atoms with E-state index in [1.54, 1.807) is 24.3 Å². The number of amides is 1. The number of primary sulfonamides is 1. The van der Waals surface area contributed by atoms with Crippen molar-refractivity contribution in [3.8, 4) is 0 Å². The molecule has 3 N–H and O–H groups in total. The van der Waals surface area contributed by atoms with E-state index in [0.717, 1.165) is 0 Å². The first-order valence-corrected chi connectivity index (χ1v) is 9.46. The van der Waals surface area contributed by atoms with Gasteiger partial charge in [-0.2, -0.15) is 0 Å². The molecule has 0 unspecified atom stereocenters. The third-order valence-electron chi connectivity index (χ3n) is 3.40. The quantitative estimate of drug-likeness (QED) is 0.725. The van der Waals surface area contributed by atoms with Crippen LogP contribution >= 0.6 is 11.6 Å². The molecule has 0 aliphatic heterocycles. The number of rotatable bonds is 6. The Balaban J connectivity index is 1.97. The Kier molecular flexibility index (Phi) is 6.36. The number of ether oxygens (including phenoxy) is 1. The number of benzene rings is 2. The molecule has 2 aromatic rings. The number of nitrogens with two attached hydrogens (primary N) is 1. The van der Waals surface area contributed by atoms with E-state index in [2.05, 4.69) is 5.32 Å². The van der Waals surface area contributed by atoms with Gasteiger partial charge in [0, 0.05) is 10.7 Å². The molecule has 26 heavy (non-hydrogen) atoms. The zero-order valence-electron chi connectivity index (χ0n) is 13.8. The summed E-state index contributed by atoms with van der Waals surface area (Å²) in [6.07, 6.45) is -1.15. The van der Waals surface area contributed by atoms with Gasteiger partial charge in [0.1, 0.15) is 0 Å². The second-order valence-electron chi connectivity index (χ2n) is 5.46. The Bertz CT molecular complexity index is 930. The maximum Gasteiger partial charge on any atom is 0.311 e. The van der Waals surface area contributed by atoms with E-state index in [1.807, 2.05) is 0 Å². The Morgan fingerprint density at radius 2 is 1.88 bits per heavy atom. The lowest BCUT2D eigenvalue weighted by Crippen LogP contribution is -2.30. The highest BCUT2D eigenvalue weighted by Crippen LogP contribution is 2.17. The molecule has 0 fully saturated rings. The molecule has 0 bridgehead atoms. The van der Waals surface area contributed by atoms with Crippen molar-refractivity contribution in [3.05, 3.63) is 59.1 Å². The van der Waals surface area contributed by atoms with Crippen LogP contribution in [0.5, 0.6) is 0 Å². The number of carbonyl (C=O) groups excluding carboxylic acids is 2. The number of nitrogens with one attached hydrogen (secondary N) is 1. The van der Waals surface area contributed by atoms with Gasteiger partial charge in [-0.1, -0.05) is 35.9 Å². The molecule has 0 aliphatic rings. The molecule has 1 amide bonds. The third kappa shape index (κ3) is 5.55. The molecule has 2 aromatic carbocycles. The van der Waals surface area contributed by atoms with E-state index in [-0.39, 0.29) is 17.0 Å². The third-order valence-corrected chi connectivity index (χ3v) is 4.68. The first-order valence-electron chi connectivity index (χ1n) is 7.53. The summed E-state index contributed by atoms with van der Waals surface area (Å²) in [5.74, 6) is -1.22. The van der Waals surface area contributed by atoms with Crippen LogP contribution in [-0.4, -0.2) is 26.4 Å². The first kappa shape index (κ1) is 19.9. The summed E-state index contributed by atoms with van der Waals surface area (Å²) in [5.41, 5.74) is 0.808. The molecule has 0 spiro atoms. The van der Waals surface area contributed by atoms with E-state index >= 15 is 0 Å². The number of halogens is 1. The van der Waals surface area contributed by atoms with Gasteiger partial charge in [-0.05, 0) is 36.8 Å². The van der Waals surface area contributed by atoms with Crippen molar-refractivity contribution in [1.82, 2.24) is 0 Å². The summed E-state index contributed by atoms with van der Waals surface area (Å²) in [4.78, 5) is 24.0. The molecule has 9 heteroatoms. The van der Waals surface area contributed by atoms with Crippen LogP contribution in [0.15, 0.2) is 53.4 Å². The van der Waals surface area contributed by atoms with Crippen molar-refractivity contribution >= 4 is 39.2 Å². The Labute approximate surface area is 156 Å². The number of hydrogen-bond donors (Lipinski definition) is 2. The van der Waals surface area contributed by atoms with Gasteiger partial charge >= 0.3 is 5.97 Å². The van der Waals surface area contributed by atoms with Crippen molar-refractivity contribution < 1.29 is 22.7 Å². The minimum Gasteiger partial charge on any atom is -0.452 e. The van der Waals surface area contributed by atoms with Crippen LogP contribution in [0.25, 0.3) is 0 Å². The molecule has 0 aromatic heterocycles. The number of esters is 1. The summed E-state index contributed by atoms with van der Waals surface area (Å²) in [5, 5.41) is 7.95. The lowest BCUT2D eigenvalue weighted by Gasteiger charge is -2.14. The second kappa shape index (κ2) is 8.31. The lowest BCUT2D eigenvalue weighted by molar-refractivity contribution is -0.152. The summed E-state index contributed by atoms with van der Waals surface area (Å²) in [6, 6.07) is 12.3. The van der Waals surface area contributed by atoms with Gasteiger partial charge in [-0.25, -0.2) is 13.6 Å². The lowest BCUT2D eigenvalue weighted by atomic mass is 10.1. The summed E-state index contributed by atoms with van der Waals surface area (Å²) < 4.78 is 27.8. The van der Waals surface area contributed by atoms with Gasteiger partial charge in [-0.3, -0.25) is 9.59 Å². The van der Waals surface area contributed by atoms with Crippen molar-refractivity contribution in [2.75, 3.05) is 5.32 Å². The molecule has 0 aliphatic carbocycles. The van der Waals surface area contributed by atoms with Crippen LogP contribution in [0.3, 0.4) is 0 Å². The summed E-state index contributed by atoms with van der Waals surface area (Å²) in [6.45, 7) is 1.41. The Morgan fingerprint density at radius 3 is 2.54 bits per heavy atom. The van der Waals surface area contributed by atoms with E-state index < -0.39 is 28.0 Å². The highest BCUT2D eigenvalue weighted by Gasteiger charge is 2.19. The van der Waals surface area contributed by atoms with Crippen LogP contribution < -0.4 is 10.5 Å². The van der Waals surface area contributed by atoms with Crippen molar-refractivity contribution in [1.29, 1.82) is 0 Å². The highest BCUT2D eigenvalue weighted by molar-refractivity contribution is 7.89. The number of carbonyl (C=O) groups is 2. The van der Waals surface area contributed by atoms with Gasteiger partial charge < -0.3 is 10.1 Å². The average molecular weight is 397 g/mol. The highest BCUT2D eigenvalue weighted by atomic mass is 35.5. The maximum absolute atomic E-state index is 12.1. The molecule has 0 saturated heterocycles. The average Bonchev–Trinajstić information content (AvgIpc) is 2.56. The van der Waals surface area contributed by atoms with Crippen LogP contribution in [0, 0.1) is 0 Å². The van der Waals surface area contributed by atoms with Gasteiger partial charge in [0.15, 0.2) is 6.10 Å². The fourth-order valence-electron chi connectivity index (χ4n) is 2.08. The zero-order valence-corrected chi connectivity index (χ0v) is 15.4. The van der Waals surface area contributed by atoms with Crippen molar-refractivity contribution in [2.45, 2.75) is 24.3 Å². The van der Waals surface area contributed by atoms with Gasteiger partial charge in [0.05, 0.1) is 11.3 Å². The minimum atomic E-state index is -3.89. The monoisotopic (exact) mass is 396 g/mol. The van der Waals surface area contributed by atoms with Gasteiger partial charge in [-0.15, -0.1) is 0 Å². The van der Waals surface area contributed by atoms with Crippen LogP contribution in [-0.2, 0) is 30.8 Å². The largest absolute Gasteiger partial charge is 0.452 e. The molecular weight excluding hydrogens is 380 g/mol. The van der Waals surface area contributed by atoms with Gasteiger partial charge in [0.2, 0.25) is 10.0 Å². The molecule has 0 heterocycles. The first-order chi connectivity index (χ1) is 12.2. The van der Waals surface area contributed by atoms with Crippen molar-refractivity contribution in [2.24, 2.45) is 5.14 Å². The smallest absolute Gasteiger partial charge is 0.311 e. The van der Waals surface area contributed by atoms with E-state index in [1.165, 1.54) is 31.2 Å². The normalized spacial score (nSPS) is 12.3. The van der Waals surface area contributed by atoms with Crippen molar-refractivity contribution in [3.63, 3.8) is 0 Å². The summed E-state index contributed by atoms with van der Waals surface area (Å²) in [7, 11) is -3.89. The van der Waals surface area contributed by atoms with Crippen LogP contribution in [0.1, 0.15) is 12.5 Å². The predicted octanol–water partition coefficient (Wildman–Crippen LogP) is 2.10. The molecule has 0 saturated carbocycles. The maximum atomic E-state index is 12.1. The van der Waals surface area contributed by atoms with E-state index in [9.17, 15) is 18.0 Å². The standard InChI is InChI=1S/C17H17ClN2O5S/c1-11(25-16(21)9-12-5-2-3-8-15(12)18)17(22)20-13-6-4-7-14(10-13)26(19,23)24/h2-8,10-11H,9H2,1H3,(H,20,22)(H2,19,23,24)/t11-/m0/s1. The minimum absolute atomic E-state index is 0.0712. The van der Waals surface area contributed by atoms with Gasteiger partial charge in [0.25, 0.3) is 5.91 Å². The van der Waals surface area contributed by atoms with Crippen LogP contribution in [0.4, 0.5) is 5.69 Å². The molecule has 1 atom stereocenters. The molecule has 7 nitrogen and oxygen atoms in total. The molecule has 0 radical (unpaired) electrons. The summed E-state index contributed by atoms with van der Waals surface area (Å²) >= 11 is 5.98. The number of sulfonamides is 1. The fraction of sp³-hybridized carbons (Fsp3) is 0.176. The topological polar surface area (TPSA) is 116 Å². The Hall–Kier alpha value is -2.42. The molecule has 138 valence electrons.